The predicted molar refractivity (Wildman–Crippen MR) is 227 cm³/mol. The van der Waals surface area contributed by atoms with Crippen LogP contribution < -0.4 is 5.19 Å². The Morgan fingerprint density at radius 1 is 0.404 bits per heavy atom. The fourth-order valence-electron chi connectivity index (χ4n) is 10.6. The van der Waals surface area contributed by atoms with Gasteiger partial charge in [0.1, 0.15) is 8.07 Å². The van der Waals surface area contributed by atoms with Gasteiger partial charge in [-0.3, -0.25) is 0 Å². The van der Waals surface area contributed by atoms with E-state index in [-0.39, 0.29) is 0 Å². The quantitative estimate of drug-likeness (QED) is 0.159. The number of hydrogen-bond donors (Lipinski definition) is 0. The van der Waals surface area contributed by atoms with E-state index < -0.39 is 8.07 Å². The lowest BCUT2D eigenvalue weighted by atomic mass is 9.91. The summed E-state index contributed by atoms with van der Waals surface area (Å²) in [5.41, 5.74) is 19.7. The molecule has 0 saturated carbocycles. The van der Waals surface area contributed by atoms with Crippen LogP contribution in [0.2, 0.25) is 6.55 Å². The largest absolute Gasteiger partial charge is 0.146 e. The van der Waals surface area contributed by atoms with Crippen LogP contribution in [0.5, 0.6) is 0 Å². The third-order valence-corrected chi connectivity index (χ3v) is 17.4. The van der Waals surface area contributed by atoms with Gasteiger partial charge in [-0.15, -0.1) is 0 Å². The van der Waals surface area contributed by atoms with E-state index >= 15 is 0 Å². The molecule has 7 aromatic carbocycles. The summed E-state index contributed by atoms with van der Waals surface area (Å²) in [7, 11) is -2.64. The van der Waals surface area contributed by atoms with E-state index in [4.69, 9.17) is 0 Å². The van der Waals surface area contributed by atoms with Gasteiger partial charge in [0.05, 0.1) is 0 Å². The average molecular weight is 679 g/mol. The lowest BCUT2D eigenvalue weighted by Gasteiger charge is -2.36. The highest BCUT2D eigenvalue weighted by atomic mass is 28.3. The molecule has 0 unspecified atom stereocenters. The molecule has 0 spiro atoms. The molecule has 0 nitrogen and oxygen atoms in total. The fraction of sp³-hybridized carbons (Fsp3) is 0.0980. The Bertz CT molecular complexity index is 2660. The van der Waals surface area contributed by atoms with E-state index in [2.05, 4.69) is 172 Å². The van der Waals surface area contributed by atoms with E-state index in [9.17, 15) is 0 Å². The molecule has 11 rings (SSSR count). The Morgan fingerprint density at radius 2 is 0.846 bits per heavy atom. The van der Waals surface area contributed by atoms with Crippen molar-refractivity contribution in [2.24, 2.45) is 0 Å². The van der Waals surface area contributed by atoms with Gasteiger partial charge in [-0.2, -0.15) is 0 Å². The molecule has 4 aliphatic rings. The Morgan fingerprint density at radius 3 is 1.33 bits per heavy atom. The first-order valence-corrected chi connectivity index (χ1v) is 21.2. The summed E-state index contributed by atoms with van der Waals surface area (Å²) in [4.78, 5) is 0. The van der Waals surface area contributed by atoms with Gasteiger partial charge in [-0.25, -0.2) is 0 Å². The predicted octanol–water partition coefficient (Wildman–Crippen LogP) is 12.7. The molecule has 0 heterocycles. The molecule has 7 aromatic rings. The third kappa shape index (κ3) is 3.98. The molecule has 0 aliphatic heterocycles. The summed E-state index contributed by atoms with van der Waals surface area (Å²) in [6.07, 6.45) is 11.1. The van der Waals surface area contributed by atoms with Crippen LogP contribution in [0.3, 0.4) is 0 Å². The highest BCUT2D eigenvalue weighted by Gasteiger charge is 2.47. The summed E-state index contributed by atoms with van der Waals surface area (Å²) in [5.74, 6) is 0. The second-order valence-electron chi connectivity index (χ2n) is 15.4. The Labute approximate surface area is 306 Å². The van der Waals surface area contributed by atoms with Crippen molar-refractivity contribution in [3.63, 3.8) is 0 Å². The zero-order valence-electron chi connectivity index (χ0n) is 29.8. The minimum atomic E-state index is -2.64. The summed E-state index contributed by atoms with van der Waals surface area (Å²) in [6, 6.07) is 48.9. The molecule has 4 aliphatic carbocycles. The molecular formula is C51H38Si. The molecule has 246 valence electrons. The number of fused-ring (bicyclic) bond motifs is 2. The van der Waals surface area contributed by atoms with Gasteiger partial charge in [-0.1, -0.05) is 169 Å². The maximum atomic E-state index is 2.67. The molecule has 0 radical (unpaired) electrons. The molecule has 0 atom stereocenters. The van der Waals surface area contributed by atoms with Crippen LogP contribution in [0.15, 0.2) is 139 Å². The van der Waals surface area contributed by atoms with Gasteiger partial charge in [0.15, 0.2) is 0 Å². The van der Waals surface area contributed by atoms with Crippen molar-refractivity contribution in [3.05, 3.63) is 183 Å². The topological polar surface area (TPSA) is 0 Å². The molecule has 0 N–H and O–H groups in total. The smallest absolute Gasteiger partial charge is 0.0683 e. The van der Waals surface area contributed by atoms with Crippen LogP contribution in [-0.2, 0) is 12.8 Å². The zero-order chi connectivity index (χ0) is 34.7. The van der Waals surface area contributed by atoms with Crippen LogP contribution in [0.1, 0.15) is 58.4 Å². The van der Waals surface area contributed by atoms with Gasteiger partial charge in [0.25, 0.3) is 0 Å². The highest BCUT2D eigenvalue weighted by Crippen LogP contribution is 2.54. The van der Waals surface area contributed by atoms with Crippen molar-refractivity contribution in [2.45, 2.75) is 33.2 Å². The fourth-order valence-corrected chi connectivity index (χ4v) is 15.7. The highest BCUT2D eigenvalue weighted by molar-refractivity contribution is 7.18. The lowest BCUT2D eigenvalue weighted by molar-refractivity contribution is 1.19. The summed E-state index contributed by atoms with van der Waals surface area (Å²) in [5, 5.41) is 10.2. The first-order valence-electron chi connectivity index (χ1n) is 18.7. The van der Waals surface area contributed by atoms with Crippen molar-refractivity contribution in [1.29, 1.82) is 0 Å². The van der Waals surface area contributed by atoms with Gasteiger partial charge >= 0.3 is 0 Å². The van der Waals surface area contributed by atoms with E-state index in [1.807, 2.05) is 0 Å². The van der Waals surface area contributed by atoms with Crippen molar-refractivity contribution < 1.29 is 0 Å². The first-order chi connectivity index (χ1) is 25.5. The van der Waals surface area contributed by atoms with Crippen LogP contribution in [0, 0.1) is 0 Å². The molecule has 0 saturated heterocycles. The Balaban J connectivity index is 1.18. The third-order valence-electron chi connectivity index (χ3n) is 12.6. The normalized spacial score (nSPS) is 15.1. The van der Waals surface area contributed by atoms with Crippen molar-refractivity contribution >= 4 is 69.5 Å². The summed E-state index contributed by atoms with van der Waals surface area (Å²) in [6.45, 7) is 7.53. The Kier molecular flexibility index (Phi) is 6.25. The van der Waals surface area contributed by atoms with E-state index in [1.165, 1.54) is 105 Å². The molecule has 0 amide bonds. The number of allylic oxidation sites excluding steroid dienone is 2. The average Bonchev–Trinajstić information content (AvgIpc) is 3.96. The van der Waals surface area contributed by atoms with Gasteiger partial charge < -0.3 is 0 Å². The monoisotopic (exact) mass is 678 g/mol. The second kappa shape index (κ2) is 10.9. The number of benzene rings is 7. The minimum absolute atomic E-state index is 0.999. The van der Waals surface area contributed by atoms with Crippen molar-refractivity contribution in [3.8, 4) is 22.3 Å². The molecule has 0 aromatic heterocycles. The SMILES string of the molecule is CC1=C([Si](C)(C2=C(C)Cc3cccc(-c4ccc5c6c(cccc46)C=C5)c32)c2ccccc2)c2c(cccc2-c2ccc3c4c(cccc24)C=C3)C1. The molecule has 52 heavy (non-hydrogen) atoms. The standard InChI is InChI=1S/C51H38Si/c1-31-29-37-13-9-19-44(40-27-25-35-23-21-33-11-7-17-42(40)46(33)35)48(37)50(31)52(3,39-15-5-4-6-16-39)51-32(2)30-38-14-10-20-45(49(38)51)41-28-26-36-24-22-34-12-8-18-43(41)47(34)36/h4-28H,29-30H2,1-3H3. The first kappa shape index (κ1) is 29.9. The van der Waals surface area contributed by atoms with E-state index in [1.54, 1.807) is 10.4 Å². The second-order valence-corrected chi connectivity index (χ2v) is 19.3. The Hall–Kier alpha value is -5.76. The van der Waals surface area contributed by atoms with Gasteiger partial charge in [-0.05, 0) is 131 Å². The molecule has 1 heteroatoms. The van der Waals surface area contributed by atoms with Gasteiger partial charge in [0, 0.05) is 0 Å². The van der Waals surface area contributed by atoms with Crippen LogP contribution >= 0.6 is 0 Å². The summed E-state index contributed by atoms with van der Waals surface area (Å²) < 4.78 is 0. The maximum Gasteiger partial charge on any atom is 0.146 e. The minimum Gasteiger partial charge on any atom is -0.0683 e. The summed E-state index contributed by atoms with van der Waals surface area (Å²) >= 11 is 0. The lowest BCUT2D eigenvalue weighted by Crippen LogP contribution is -2.48. The molecule has 0 bridgehead atoms. The maximum absolute atomic E-state index is 2.67. The van der Waals surface area contributed by atoms with Crippen molar-refractivity contribution in [2.75, 3.05) is 0 Å². The molecular weight excluding hydrogens is 641 g/mol. The van der Waals surface area contributed by atoms with Crippen LogP contribution in [-0.4, -0.2) is 8.07 Å². The van der Waals surface area contributed by atoms with E-state index in [0.717, 1.165) is 12.8 Å². The number of hydrogen-bond acceptors (Lipinski definition) is 0. The van der Waals surface area contributed by atoms with E-state index in [0.29, 0.717) is 0 Å². The van der Waals surface area contributed by atoms with Gasteiger partial charge in [0.2, 0.25) is 0 Å². The van der Waals surface area contributed by atoms with Crippen LogP contribution in [0.4, 0.5) is 0 Å². The van der Waals surface area contributed by atoms with Crippen molar-refractivity contribution in [1.82, 2.24) is 0 Å². The number of rotatable bonds is 5. The zero-order valence-corrected chi connectivity index (χ0v) is 30.8. The molecule has 0 fully saturated rings. The van der Waals surface area contributed by atoms with Crippen LogP contribution in [0.25, 0.3) is 78.5 Å².